The maximum Gasteiger partial charge on any atom is 0.144 e. The Morgan fingerprint density at radius 1 is 1.53 bits per heavy atom. The fraction of sp³-hybridized carbons (Fsp3) is 0.667. The summed E-state index contributed by atoms with van der Waals surface area (Å²) in [7, 11) is 1.86. The largest absolute Gasteiger partial charge is 0.395 e. The van der Waals surface area contributed by atoms with E-state index in [1.165, 1.54) is 0 Å². The van der Waals surface area contributed by atoms with E-state index in [0.717, 1.165) is 43.3 Å². The van der Waals surface area contributed by atoms with Crippen LogP contribution in [0.1, 0.15) is 24.4 Å². The van der Waals surface area contributed by atoms with E-state index in [1.807, 2.05) is 20.0 Å². The molecule has 17 heavy (non-hydrogen) atoms. The highest BCUT2D eigenvalue weighted by atomic mass is 16.3. The first kappa shape index (κ1) is 12.3. The minimum atomic E-state index is 0.227. The molecule has 0 aromatic carbocycles. The zero-order valence-corrected chi connectivity index (χ0v) is 10.5. The number of aryl methyl sites for hydroxylation is 1. The number of likely N-dealkylation sites (tertiary alicyclic amines) is 1. The minimum absolute atomic E-state index is 0.227. The third kappa shape index (κ3) is 2.92. The maximum absolute atomic E-state index is 9.27. The Hall–Kier alpha value is -1.20. The highest BCUT2D eigenvalue weighted by Crippen LogP contribution is 2.19. The highest BCUT2D eigenvalue weighted by Gasteiger charge is 2.24. The molecule has 1 aliphatic heterocycles. The standard InChI is InChI=1S/C12H20N4O/c1-9-6-11(13-2)15-12(14-9)7-16-5-3-4-10(16)8-17/h6,10,17H,3-5,7-8H2,1-2H3,(H,13,14,15). The van der Waals surface area contributed by atoms with Gasteiger partial charge >= 0.3 is 0 Å². The summed E-state index contributed by atoms with van der Waals surface area (Å²) in [5.74, 6) is 1.68. The number of hydrogen-bond acceptors (Lipinski definition) is 5. The molecular weight excluding hydrogens is 216 g/mol. The molecule has 1 unspecified atom stereocenters. The zero-order valence-electron chi connectivity index (χ0n) is 10.5. The van der Waals surface area contributed by atoms with Crippen LogP contribution in [0.3, 0.4) is 0 Å². The number of aliphatic hydroxyl groups excluding tert-OH is 1. The predicted molar refractivity (Wildman–Crippen MR) is 66.8 cm³/mol. The number of nitrogens with zero attached hydrogens (tertiary/aromatic N) is 3. The third-order valence-electron chi connectivity index (χ3n) is 3.21. The number of rotatable bonds is 4. The predicted octanol–water partition coefficient (Wildman–Crippen LogP) is 0.783. The molecule has 0 spiro atoms. The van der Waals surface area contributed by atoms with Gasteiger partial charge < -0.3 is 10.4 Å². The number of aliphatic hydroxyl groups is 1. The number of aromatic nitrogens is 2. The van der Waals surface area contributed by atoms with E-state index in [2.05, 4.69) is 20.2 Å². The second-order valence-electron chi connectivity index (χ2n) is 4.51. The van der Waals surface area contributed by atoms with Crippen LogP contribution in [0.2, 0.25) is 0 Å². The summed E-state index contributed by atoms with van der Waals surface area (Å²) in [6.45, 7) is 3.95. The van der Waals surface area contributed by atoms with Gasteiger partial charge in [-0.05, 0) is 26.3 Å². The van der Waals surface area contributed by atoms with E-state index in [-0.39, 0.29) is 12.6 Å². The van der Waals surface area contributed by atoms with Gasteiger partial charge in [-0.2, -0.15) is 0 Å². The van der Waals surface area contributed by atoms with E-state index in [4.69, 9.17) is 0 Å². The first-order valence-electron chi connectivity index (χ1n) is 6.10. The average molecular weight is 236 g/mol. The Labute approximate surface area is 102 Å². The second kappa shape index (κ2) is 5.42. The van der Waals surface area contributed by atoms with Crippen molar-refractivity contribution in [3.05, 3.63) is 17.6 Å². The SMILES string of the molecule is CNc1cc(C)nc(CN2CCCC2CO)n1. The topological polar surface area (TPSA) is 61.3 Å². The van der Waals surface area contributed by atoms with Gasteiger partial charge in [-0.25, -0.2) is 9.97 Å². The van der Waals surface area contributed by atoms with Gasteiger partial charge in [0.1, 0.15) is 11.6 Å². The lowest BCUT2D eigenvalue weighted by atomic mass is 10.2. The molecule has 5 nitrogen and oxygen atoms in total. The minimum Gasteiger partial charge on any atom is -0.395 e. The first-order chi connectivity index (χ1) is 8.22. The molecule has 0 aliphatic carbocycles. The quantitative estimate of drug-likeness (QED) is 0.809. The molecule has 0 amide bonds. The second-order valence-corrected chi connectivity index (χ2v) is 4.51. The van der Waals surface area contributed by atoms with Crippen LogP contribution in [-0.4, -0.2) is 46.2 Å². The molecule has 1 saturated heterocycles. The van der Waals surface area contributed by atoms with Crippen molar-refractivity contribution >= 4 is 5.82 Å². The van der Waals surface area contributed by atoms with Crippen LogP contribution in [0.4, 0.5) is 5.82 Å². The summed E-state index contributed by atoms with van der Waals surface area (Å²) in [6, 6.07) is 2.20. The number of hydrogen-bond donors (Lipinski definition) is 2. The Morgan fingerprint density at radius 2 is 2.35 bits per heavy atom. The molecule has 94 valence electrons. The van der Waals surface area contributed by atoms with Gasteiger partial charge in [-0.1, -0.05) is 0 Å². The Bertz CT molecular complexity index is 383. The van der Waals surface area contributed by atoms with Gasteiger partial charge in [0.05, 0.1) is 13.2 Å². The van der Waals surface area contributed by atoms with Crippen molar-refractivity contribution in [2.24, 2.45) is 0 Å². The van der Waals surface area contributed by atoms with Crippen LogP contribution < -0.4 is 5.32 Å². The molecule has 0 saturated carbocycles. The molecule has 0 bridgehead atoms. The van der Waals surface area contributed by atoms with Gasteiger partial charge in [0.2, 0.25) is 0 Å². The monoisotopic (exact) mass is 236 g/mol. The Morgan fingerprint density at radius 3 is 3.06 bits per heavy atom. The summed E-state index contributed by atoms with van der Waals surface area (Å²) in [5, 5.41) is 12.3. The summed E-state index contributed by atoms with van der Waals surface area (Å²) >= 11 is 0. The lowest BCUT2D eigenvalue weighted by Crippen LogP contribution is -2.32. The van der Waals surface area contributed by atoms with Crippen molar-refractivity contribution in [3.63, 3.8) is 0 Å². The lowest BCUT2D eigenvalue weighted by Gasteiger charge is -2.21. The van der Waals surface area contributed by atoms with Gasteiger partial charge in [0.15, 0.2) is 0 Å². The normalized spacial score (nSPS) is 20.8. The van der Waals surface area contributed by atoms with Crippen LogP contribution in [0.5, 0.6) is 0 Å². The van der Waals surface area contributed by atoms with E-state index in [0.29, 0.717) is 0 Å². The number of nitrogens with one attached hydrogen (secondary N) is 1. The molecular formula is C12H20N4O. The number of anilines is 1. The van der Waals surface area contributed by atoms with Crippen molar-refractivity contribution in [1.29, 1.82) is 0 Å². The van der Waals surface area contributed by atoms with Gasteiger partial charge in [-0.15, -0.1) is 0 Å². The van der Waals surface area contributed by atoms with E-state index < -0.39 is 0 Å². The summed E-state index contributed by atoms with van der Waals surface area (Å²) in [5.41, 5.74) is 0.971. The lowest BCUT2D eigenvalue weighted by molar-refractivity contribution is 0.151. The van der Waals surface area contributed by atoms with Gasteiger partial charge in [-0.3, -0.25) is 4.90 Å². The maximum atomic E-state index is 9.27. The van der Waals surface area contributed by atoms with Crippen molar-refractivity contribution in [1.82, 2.24) is 14.9 Å². The molecule has 1 aliphatic rings. The molecule has 5 heteroatoms. The molecule has 2 heterocycles. The van der Waals surface area contributed by atoms with Crippen molar-refractivity contribution in [2.75, 3.05) is 25.5 Å². The molecule has 2 rings (SSSR count). The molecule has 1 atom stereocenters. The summed E-state index contributed by atoms with van der Waals surface area (Å²) in [6.07, 6.45) is 2.22. The molecule has 2 N–H and O–H groups in total. The van der Waals surface area contributed by atoms with Crippen LogP contribution >= 0.6 is 0 Å². The van der Waals surface area contributed by atoms with E-state index in [1.54, 1.807) is 0 Å². The first-order valence-corrected chi connectivity index (χ1v) is 6.10. The summed E-state index contributed by atoms with van der Waals surface area (Å²) < 4.78 is 0. The Kier molecular flexibility index (Phi) is 3.91. The molecule has 0 radical (unpaired) electrons. The van der Waals surface area contributed by atoms with Crippen molar-refractivity contribution < 1.29 is 5.11 Å². The molecule has 1 fully saturated rings. The Balaban J connectivity index is 2.09. The smallest absolute Gasteiger partial charge is 0.144 e. The summed E-state index contributed by atoms with van der Waals surface area (Å²) in [4.78, 5) is 11.1. The fourth-order valence-electron chi connectivity index (χ4n) is 2.32. The molecule has 1 aromatic rings. The van der Waals surface area contributed by atoms with Crippen LogP contribution in [0.25, 0.3) is 0 Å². The van der Waals surface area contributed by atoms with E-state index >= 15 is 0 Å². The van der Waals surface area contributed by atoms with E-state index in [9.17, 15) is 5.11 Å². The zero-order chi connectivity index (χ0) is 12.3. The van der Waals surface area contributed by atoms with Crippen molar-refractivity contribution in [3.8, 4) is 0 Å². The van der Waals surface area contributed by atoms with Gasteiger partial charge in [0, 0.05) is 24.8 Å². The van der Waals surface area contributed by atoms with Gasteiger partial charge in [0.25, 0.3) is 0 Å². The van der Waals surface area contributed by atoms with Crippen LogP contribution in [0, 0.1) is 6.92 Å². The fourth-order valence-corrected chi connectivity index (χ4v) is 2.32. The highest BCUT2D eigenvalue weighted by molar-refractivity contribution is 5.34. The average Bonchev–Trinajstić information content (AvgIpc) is 2.75. The molecule has 1 aromatic heterocycles. The van der Waals surface area contributed by atoms with Crippen LogP contribution in [-0.2, 0) is 6.54 Å². The van der Waals surface area contributed by atoms with Crippen LogP contribution in [0.15, 0.2) is 6.07 Å². The third-order valence-corrected chi connectivity index (χ3v) is 3.21. The van der Waals surface area contributed by atoms with Crippen molar-refractivity contribution in [2.45, 2.75) is 32.4 Å².